The van der Waals surface area contributed by atoms with E-state index in [4.69, 9.17) is 16.3 Å². The molecule has 1 aliphatic heterocycles. The summed E-state index contributed by atoms with van der Waals surface area (Å²) in [6.45, 7) is 5.43. The summed E-state index contributed by atoms with van der Waals surface area (Å²) in [6, 6.07) is 3.51. The molecular weight excluding hydrogens is 278 g/mol. The Bertz CT molecular complexity index is 460. The minimum Gasteiger partial charge on any atom is -0.380 e. The molecule has 0 unspecified atom stereocenters. The first kappa shape index (κ1) is 15.1. The van der Waals surface area contributed by atoms with Gasteiger partial charge >= 0.3 is 0 Å². The second-order valence-corrected chi connectivity index (χ2v) is 5.12. The fraction of sp³-hybridized carbons (Fsp3) is 0.571. The number of nitrogens with one attached hydrogen (secondary N) is 1. The van der Waals surface area contributed by atoms with Gasteiger partial charge in [0.25, 0.3) is 5.91 Å². The molecule has 0 aromatic carbocycles. The summed E-state index contributed by atoms with van der Waals surface area (Å²) in [4.78, 5) is 18.6. The molecule has 0 radical (unpaired) electrons. The number of rotatable bonds is 4. The van der Waals surface area contributed by atoms with Gasteiger partial charge in [0.2, 0.25) is 0 Å². The number of pyridine rings is 1. The van der Waals surface area contributed by atoms with E-state index in [-0.39, 0.29) is 5.91 Å². The predicted molar refractivity (Wildman–Crippen MR) is 79.4 cm³/mol. The van der Waals surface area contributed by atoms with Gasteiger partial charge in [0.1, 0.15) is 11.5 Å². The van der Waals surface area contributed by atoms with Gasteiger partial charge in [-0.25, -0.2) is 4.98 Å². The summed E-state index contributed by atoms with van der Waals surface area (Å²) in [7, 11) is 0. The maximum Gasteiger partial charge on any atom is 0.274 e. The van der Waals surface area contributed by atoms with Crippen LogP contribution in [0.1, 0.15) is 30.3 Å². The molecule has 2 rings (SSSR count). The molecule has 5 nitrogen and oxygen atoms in total. The molecule has 0 spiro atoms. The van der Waals surface area contributed by atoms with Gasteiger partial charge in [-0.05, 0) is 25.0 Å². The molecule has 1 aliphatic rings. The largest absolute Gasteiger partial charge is 0.380 e. The molecule has 2 heterocycles. The van der Waals surface area contributed by atoms with Crippen molar-refractivity contribution in [2.24, 2.45) is 0 Å². The van der Waals surface area contributed by atoms with E-state index in [9.17, 15) is 4.79 Å². The number of halogens is 1. The SMILES string of the molecule is CCCNc1ccc(Cl)c(C(=O)N2CCCOCC2)n1. The Morgan fingerprint density at radius 1 is 1.45 bits per heavy atom. The minimum absolute atomic E-state index is 0.124. The fourth-order valence-electron chi connectivity index (χ4n) is 2.04. The van der Waals surface area contributed by atoms with Crippen LogP contribution in [0.2, 0.25) is 5.02 Å². The molecule has 20 heavy (non-hydrogen) atoms. The highest BCUT2D eigenvalue weighted by Gasteiger charge is 2.21. The van der Waals surface area contributed by atoms with Crippen LogP contribution in [0, 0.1) is 0 Å². The zero-order valence-electron chi connectivity index (χ0n) is 11.7. The van der Waals surface area contributed by atoms with Crippen LogP contribution >= 0.6 is 11.6 Å². The molecule has 110 valence electrons. The van der Waals surface area contributed by atoms with E-state index in [0.29, 0.717) is 42.8 Å². The Hall–Kier alpha value is -1.33. The number of amides is 1. The minimum atomic E-state index is -0.124. The van der Waals surface area contributed by atoms with E-state index in [1.54, 1.807) is 17.0 Å². The fourth-order valence-corrected chi connectivity index (χ4v) is 2.23. The molecule has 0 aliphatic carbocycles. The first-order chi connectivity index (χ1) is 9.72. The van der Waals surface area contributed by atoms with Gasteiger partial charge in [-0.2, -0.15) is 0 Å². The normalized spacial score (nSPS) is 15.8. The van der Waals surface area contributed by atoms with Crippen molar-refractivity contribution in [1.82, 2.24) is 9.88 Å². The average molecular weight is 298 g/mol. The van der Waals surface area contributed by atoms with Crippen LogP contribution in [0.5, 0.6) is 0 Å². The molecule has 1 aromatic heterocycles. The molecule has 1 amide bonds. The van der Waals surface area contributed by atoms with Crippen LogP contribution in [0.4, 0.5) is 5.82 Å². The van der Waals surface area contributed by atoms with E-state index in [1.807, 2.05) is 0 Å². The summed E-state index contributed by atoms with van der Waals surface area (Å²) >= 11 is 6.12. The molecule has 0 saturated carbocycles. The van der Waals surface area contributed by atoms with E-state index in [2.05, 4.69) is 17.2 Å². The predicted octanol–water partition coefficient (Wildman–Crippen LogP) is 2.42. The van der Waals surface area contributed by atoms with Crippen molar-refractivity contribution in [2.45, 2.75) is 19.8 Å². The van der Waals surface area contributed by atoms with Crippen molar-refractivity contribution in [3.8, 4) is 0 Å². The highest BCUT2D eigenvalue weighted by molar-refractivity contribution is 6.33. The van der Waals surface area contributed by atoms with Crippen LogP contribution in [-0.2, 0) is 4.74 Å². The highest BCUT2D eigenvalue weighted by Crippen LogP contribution is 2.19. The van der Waals surface area contributed by atoms with E-state index >= 15 is 0 Å². The molecule has 0 bridgehead atoms. The van der Waals surface area contributed by atoms with Crippen LogP contribution in [0.15, 0.2) is 12.1 Å². The molecular formula is C14H20ClN3O2. The number of ether oxygens (including phenoxy) is 1. The number of hydrogen-bond donors (Lipinski definition) is 1. The topological polar surface area (TPSA) is 54.5 Å². The summed E-state index contributed by atoms with van der Waals surface area (Å²) in [5.41, 5.74) is 0.315. The second-order valence-electron chi connectivity index (χ2n) is 4.71. The van der Waals surface area contributed by atoms with Gasteiger partial charge in [-0.1, -0.05) is 18.5 Å². The molecule has 6 heteroatoms. The van der Waals surface area contributed by atoms with Crippen molar-refractivity contribution < 1.29 is 9.53 Å². The van der Waals surface area contributed by atoms with Crippen LogP contribution < -0.4 is 5.32 Å². The van der Waals surface area contributed by atoms with E-state index < -0.39 is 0 Å². The van der Waals surface area contributed by atoms with Gasteiger partial charge in [0, 0.05) is 26.2 Å². The summed E-state index contributed by atoms with van der Waals surface area (Å²) in [6.07, 6.45) is 1.84. The first-order valence-corrected chi connectivity index (χ1v) is 7.37. The standard InChI is InChI=1S/C14H20ClN3O2/c1-2-6-16-12-5-4-11(15)13(17-12)14(19)18-7-3-9-20-10-8-18/h4-5H,2-3,6-10H2,1H3,(H,16,17). The van der Waals surface area contributed by atoms with Gasteiger partial charge in [0.05, 0.1) is 11.6 Å². The lowest BCUT2D eigenvalue weighted by Gasteiger charge is -2.20. The van der Waals surface area contributed by atoms with Crippen molar-refractivity contribution in [3.05, 3.63) is 22.8 Å². The summed E-state index contributed by atoms with van der Waals surface area (Å²) in [5.74, 6) is 0.561. The quantitative estimate of drug-likeness (QED) is 0.927. The number of aromatic nitrogens is 1. The third kappa shape index (κ3) is 3.84. The van der Waals surface area contributed by atoms with Crippen molar-refractivity contribution in [3.63, 3.8) is 0 Å². The third-order valence-corrected chi connectivity index (χ3v) is 3.42. The Labute approximate surface area is 124 Å². The van der Waals surface area contributed by atoms with Crippen LogP contribution in [-0.4, -0.2) is 48.6 Å². The Balaban J connectivity index is 2.14. The number of nitrogens with zero attached hydrogens (tertiary/aromatic N) is 2. The highest BCUT2D eigenvalue weighted by atomic mass is 35.5. The Morgan fingerprint density at radius 2 is 2.30 bits per heavy atom. The monoisotopic (exact) mass is 297 g/mol. The smallest absolute Gasteiger partial charge is 0.274 e. The Kier molecular flexibility index (Phi) is 5.61. The first-order valence-electron chi connectivity index (χ1n) is 7.00. The maximum absolute atomic E-state index is 12.5. The van der Waals surface area contributed by atoms with Crippen molar-refractivity contribution >= 4 is 23.3 Å². The van der Waals surface area contributed by atoms with Gasteiger partial charge in [-0.15, -0.1) is 0 Å². The van der Waals surface area contributed by atoms with Crippen molar-refractivity contribution in [2.75, 3.05) is 38.2 Å². The number of carbonyl (C=O) groups excluding carboxylic acids is 1. The zero-order chi connectivity index (χ0) is 14.4. The van der Waals surface area contributed by atoms with Gasteiger partial charge in [0.15, 0.2) is 0 Å². The number of hydrogen-bond acceptors (Lipinski definition) is 4. The summed E-state index contributed by atoms with van der Waals surface area (Å²) < 4.78 is 5.36. The van der Waals surface area contributed by atoms with E-state index in [1.165, 1.54) is 0 Å². The molecule has 1 aromatic rings. The number of anilines is 1. The lowest BCUT2D eigenvalue weighted by molar-refractivity contribution is 0.0736. The lowest BCUT2D eigenvalue weighted by atomic mass is 10.3. The van der Waals surface area contributed by atoms with Crippen LogP contribution in [0.3, 0.4) is 0 Å². The van der Waals surface area contributed by atoms with Gasteiger partial charge < -0.3 is 15.0 Å². The number of carbonyl (C=O) groups is 1. The van der Waals surface area contributed by atoms with Gasteiger partial charge in [-0.3, -0.25) is 4.79 Å². The van der Waals surface area contributed by atoms with Crippen LogP contribution in [0.25, 0.3) is 0 Å². The van der Waals surface area contributed by atoms with E-state index in [0.717, 1.165) is 19.4 Å². The summed E-state index contributed by atoms with van der Waals surface area (Å²) in [5, 5.41) is 3.56. The molecule has 1 saturated heterocycles. The maximum atomic E-state index is 12.5. The molecule has 1 fully saturated rings. The average Bonchev–Trinajstić information content (AvgIpc) is 2.75. The Morgan fingerprint density at radius 3 is 3.10 bits per heavy atom. The lowest BCUT2D eigenvalue weighted by Crippen LogP contribution is -2.34. The second kappa shape index (κ2) is 7.45. The van der Waals surface area contributed by atoms with Crippen molar-refractivity contribution in [1.29, 1.82) is 0 Å². The molecule has 0 atom stereocenters. The zero-order valence-corrected chi connectivity index (χ0v) is 12.4. The molecule has 1 N–H and O–H groups in total. The third-order valence-electron chi connectivity index (χ3n) is 3.11.